The van der Waals surface area contributed by atoms with Crippen LogP contribution in [0.4, 0.5) is 0 Å². The van der Waals surface area contributed by atoms with Gasteiger partial charge in [0.25, 0.3) is 0 Å². The number of hydrogen-bond acceptors (Lipinski definition) is 3. The first-order valence-electron chi connectivity index (χ1n) is 4.53. The fourth-order valence-electron chi connectivity index (χ4n) is 0.839. The Morgan fingerprint density at radius 3 is 2.54 bits per heavy atom. The molecule has 0 aromatic carbocycles. The smallest absolute Gasteiger partial charge is 0.248 e. The second kappa shape index (κ2) is 6.86. The monoisotopic (exact) mass is 189 g/mol. The first kappa shape index (κ1) is 12.4. The van der Waals surface area contributed by atoms with Crippen molar-refractivity contribution in [1.82, 2.24) is 5.32 Å². The zero-order valence-electron chi connectivity index (χ0n) is 8.79. The predicted octanol–water partition coefficient (Wildman–Crippen LogP) is 0.562. The average molecular weight is 189 g/mol. The highest BCUT2D eigenvalue weighted by molar-refractivity contribution is 5.80. The molecular formula is C9H19NO3. The van der Waals surface area contributed by atoms with Gasteiger partial charge in [-0.25, -0.2) is 0 Å². The Balaban J connectivity index is 3.57. The van der Waals surface area contributed by atoms with Gasteiger partial charge >= 0.3 is 0 Å². The van der Waals surface area contributed by atoms with Crippen LogP contribution in [0.3, 0.4) is 0 Å². The van der Waals surface area contributed by atoms with Crippen molar-refractivity contribution in [2.24, 2.45) is 0 Å². The summed E-state index contributed by atoms with van der Waals surface area (Å²) in [7, 11) is 1.51. The molecule has 0 saturated heterocycles. The van der Waals surface area contributed by atoms with Crippen LogP contribution in [0, 0.1) is 0 Å². The van der Waals surface area contributed by atoms with Gasteiger partial charge in [-0.05, 0) is 20.8 Å². The highest BCUT2D eigenvalue weighted by Crippen LogP contribution is 1.90. The van der Waals surface area contributed by atoms with Crippen LogP contribution in [0.2, 0.25) is 0 Å². The molecule has 0 fully saturated rings. The van der Waals surface area contributed by atoms with Gasteiger partial charge in [0.15, 0.2) is 0 Å². The molecule has 4 heteroatoms. The molecule has 13 heavy (non-hydrogen) atoms. The third kappa shape index (κ3) is 5.60. The van der Waals surface area contributed by atoms with Gasteiger partial charge in [0.1, 0.15) is 6.10 Å². The minimum atomic E-state index is -0.395. The van der Waals surface area contributed by atoms with E-state index in [0.29, 0.717) is 13.2 Å². The summed E-state index contributed by atoms with van der Waals surface area (Å²) in [5.41, 5.74) is 0. The van der Waals surface area contributed by atoms with Crippen LogP contribution in [0.5, 0.6) is 0 Å². The molecule has 0 saturated carbocycles. The number of carbonyl (C=O) groups excluding carboxylic acids is 1. The van der Waals surface area contributed by atoms with Crippen molar-refractivity contribution < 1.29 is 14.3 Å². The van der Waals surface area contributed by atoms with Crippen molar-refractivity contribution in [3.05, 3.63) is 0 Å². The Kier molecular flexibility index (Phi) is 6.54. The maximum atomic E-state index is 11.2. The Morgan fingerprint density at radius 2 is 2.08 bits per heavy atom. The molecule has 0 aromatic rings. The molecule has 78 valence electrons. The summed E-state index contributed by atoms with van der Waals surface area (Å²) in [5, 5.41) is 2.73. The average Bonchev–Trinajstić information content (AvgIpc) is 2.13. The zero-order chi connectivity index (χ0) is 10.3. The molecule has 0 radical (unpaired) electrons. The van der Waals surface area contributed by atoms with Gasteiger partial charge in [0.05, 0.1) is 6.10 Å². The molecule has 2 atom stereocenters. The van der Waals surface area contributed by atoms with Crippen LogP contribution in [0.1, 0.15) is 20.8 Å². The fraction of sp³-hybridized carbons (Fsp3) is 0.889. The van der Waals surface area contributed by atoms with E-state index in [1.54, 1.807) is 6.92 Å². The minimum Gasteiger partial charge on any atom is -0.377 e. The highest BCUT2D eigenvalue weighted by Gasteiger charge is 2.11. The lowest BCUT2D eigenvalue weighted by molar-refractivity contribution is -0.130. The Morgan fingerprint density at radius 1 is 1.46 bits per heavy atom. The van der Waals surface area contributed by atoms with E-state index in [1.165, 1.54) is 7.11 Å². The van der Waals surface area contributed by atoms with Crippen LogP contribution in [0.25, 0.3) is 0 Å². The number of methoxy groups -OCH3 is 1. The molecule has 0 aliphatic heterocycles. The number of carbonyl (C=O) groups is 1. The van der Waals surface area contributed by atoms with E-state index < -0.39 is 6.10 Å². The highest BCUT2D eigenvalue weighted by atomic mass is 16.5. The summed E-state index contributed by atoms with van der Waals surface area (Å²) in [4.78, 5) is 11.2. The summed E-state index contributed by atoms with van der Waals surface area (Å²) < 4.78 is 10.1. The summed E-state index contributed by atoms with van der Waals surface area (Å²) in [6, 6.07) is 0. The molecular weight excluding hydrogens is 170 g/mol. The largest absolute Gasteiger partial charge is 0.377 e. The predicted molar refractivity (Wildman–Crippen MR) is 50.6 cm³/mol. The number of amides is 1. The second-order valence-corrected chi connectivity index (χ2v) is 2.89. The molecule has 0 aliphatic carbocycles. The van der Waals surface area contributed by atoms with Crippen LogP contribution in [-0.2, 0) is 14.3 Å². The number of hydrogen-bond donors (Lipinski definition) is 1. The molecule has 2 unspecified atom stereocenters. The van der Waals surface area contributed by atoms with Crippen LogP contribution in [0.15, 0.2) is 0 Å². The SMILES string of the molecule is CCOC(C)CNC(=O)C(C)OC. The van der Waals surface area contributed by atoms with Crippen LogP contribution < -0.4 is 5.32 Å². The third-order valence-corrected chi connectivity index (χ3v) is 1.74. The lowest BCUT2D eigenvalue weighted by atomic mass is 10.3. The van der Waals surface area contributed by atoms with Gasteiger partial charge in [-0.3, -0.25) is 4.79 Å². The topological polar surface area (TPSA) is 47.6 Å². The molecule has 1 amide bonds. The lowest BCUT2D eigenvalue weighted by Gasteiger charge is -2.14. The Hall–Kier alpha value is -0.610. The fourth-order valence-corrected chi connectivity index (χ4v) is 0.839. The molecule has 0 aliphatic rings. The molecule has 0 rings (SSSR count). The molecule has 4 nitrogen and oxygen atoms in total. The summed E-state index contributed by atoms with van der Waals surface area (Å²) in [6.07, 6.45) is -0.341. The maximum Gasteiger partial charge on any atom is 0.248 e. The second-order valence-electron chi connectivity index (χ2n) is 2.89. The van der Waals surface area contributed by atoms with E-state index in [0.717, 1.165) is 0 Å². The number of nitrogens with one attached hydrogen (secondary N) is 1. The first-order chi connectivity index (χ1) is 6.11. The van der Waals surface area contributed by atoms with Crippen LogP contribution >= 0.6 is 0 Å². The van der Waals surface area contributed by atoms with E-state index in [-0.39, 0.29) is 12.0 Å². The Bertz CT molecular complexity index is 150. The number of ether oxygens (including phenoxy) is 2. The molecule has 1 N–H and O–H groups in total. The van der Waals surface area contributed by atoms with Gasteiger partial charge in [-0.2, -0.15) is 0 Å². The van der Waals surface area contributed by atoms with Crippen molar-refractivity contribution in [2.75, 3.05) is 20.3 Å². The van der Waals surface area contributed by atoms with Gasteiger partial charge in [-0.15, -0.1) is 0 Å². The summed E-state index contributed by atoms with van der Waals surface area (Å²) in [6.45, 7) is 6.75. The quantitative estimate of drug-likeness (QED) is 0.664. The Labute approximate surface area is 79.6 Å². The molecule has 0 heterocycles. The van der Waals surface area contributed by atoms with E-state index in [4.69, 9.17) is 9.47 Å². The minimum absolute atomic E-state index is 0.0537. The van der Waals surface area contributed by atoms with E-state index in [1.807, 2.05) is 13.8 Å². The summed E-state index contributed by atoms with van der Waals surface area (Å²) in [5.74, 6) is -0.103. The van der Waals surface area contributed by atoms with Crippen molar-refractivity contribution in [3.63, 3.8) is 0 Å². The number of rotatable bonds is 6. The molecule has 0 spiro atoms. The molecule has 0 aromatic heterocycles. The third-order valence-electron chi connectivity index (χ3n) is 1.74. The summed E-state index contributed by atoms with van der Waals surface area (Å²) >= 11 is 0. The van der Waals surface area contributed by atoms with Crippen molar-refractivity contribution in [1.29, 1.82) is 0 Å². The van der Waals surface area contributed by atoms with Crippen molar-refractivity contribution in [3.8, 4) is 0 Å². The first-order valence-corrected chi connectivity index (χ1v) is 4.53. The van der Waals surface area contributed by atoms with Gasteiger partial charge in [0, 0.05) is 20.3 Å². The van der Waals surface area contributed by atoms with Gasteiger partial charge in [-0.1, -0.05) is 0 Å². The lowest BCUT2D eigenvalue weighted by Crippen LogP contribution is -2.38. The zero-order valence-corrected chi connectivity index (χ0v) is 8.79. The molecule has 0 bridgehead atoms. The van der Waals surface area contributed by atoms with E-state index in [9.17, 15) is 4.79 Å². The van der Waals surface area contributed by atoms with Crippen molar-refractivity contribution >= 4 is 5.91 Å². The van der Waals surface area contributed by atoms with E-state index in [2.05, 4.69) is 5.32 Å². The standard InChI is InChI=1S/C9H19NO3/c1-5-13-7(2)6-10-9(11)8(3)12-4/h7-8H,5-6H2,1-4H3,(H,10,11). The van der Waals surface area contributed by atoms with Crippen LogP contribution in [-0.4, -0.2) is 38.4 Å². The maximum absolute atomic E-state index is 11.2. The van der Waals surface area contributed by atoms with E-state index >= 15 is 0 Å². The van der Waals surface area contributed by atoms with Crippen molar-refractivity contribution in [2.45, 2.75) is 33.0 Å². The van der Waals surface area contributed by atoms with Gasteiger partial charge in [0.2, 0.25) is 5.91 Å². The van der Waals surface area contributed by atoms with Gasteiger partial charge < -0.3 is 14.8 Å². The normalized spacial score (nSPS) is 15.1.